The van der Waals surface area contributed by atoms with Crippen molar-refractivity contribution in [3.63, 3.8) is 0 Å². The number of rotatable bonds is 4. The van der Waals surface area contributed by atoms with Crippen LogP contribution in [0.1, 0.15) is 19.8 Å². The largest absolute Gasteiger partial charge is 0.396 e. The Labute approximate surface area is 78.1 Å². The zero-order valence-corrected chi connectivity index (χ0v) is 7.89. The van der Waals surface area contributed by atoms with Crippen molar-refractivity contribution < 1.29 is 20.1 Å². The Balaban J connectivity index is 2.40. The van der Waals surface area contributed by atoms with Crippen LogP contribution in [0.2, 0.25) is 0 Å². The van der Waals surface area contributed by atoms with E-state index in [1.807, 2.05) is 6.92 Å². The second kappa shape index (κ2) is 4.91. The van der Waals surface area contributed by atoms with Crippen molar-refractivity contribution in [3.05, 3.63) is 0 Å². The highest BCUT2D eigenvalue weighted by atomic mass is 16.5. The summed E-state index contributed by atoms with van der Waals surface area (Å²) in [5.41, 5.74) is 0. The molecule has 0 unspecified atom stereocenters. The lowest BCUT2D eigenvalue weighted by molar-refractivity contribution is -0.0599. The van der Waals surface area contributed by atoms with E-state index < -0.39 is 6.10 Å². The van der Waals surface area contributed by atoms with E-state index in [2.05, 4.69) is 0 Å². The lowest BCUT2D eigenvalue weighted by Gasteiger charge is -2.16. The quantitative estimate of drug-likeness (QED) is 0.560. The van der Waals surface area contributed by atoms with Gasteiger partial charge in [0.15, 0.2) is 0 Å². The van der Waals surface area contributed by atoms with Gasteiger partial charge in [-0.2, -0.15) is 0 Å². The molecule has 4 nitrogen and oxygen atoms in total. The second-order valence-electron chi connectivity index (χ2n) is 3.69. The lowest BCUT2D eigenvalue weighted by Crippen LogP contribution is -2.29. The molecule has 78 valence electrons. The van der Waals surface area contributed by atoms with Gasteiger partial charge in [0.05, 0.1) is 18.8 Å². The van der Waals surface area contributed by atoms with Gasteiger partial charge in [-0.1, -0.05) is 6.92 Å². The van der Waals surface area contributed by atoms with Gasteiger partial charge >= 0.3 is 0 Å². The number of hydrogen-bond donors (Lipinski definition) is 3. The molecule has 0 saturated carbocycles. The summed E-state index contributed by atoms with van der Waals surface area (Å²) in [5, 5.41) is 26.8. The molecular weight excluding hydrogens is 172 g/mol. The van der Waals surface area contributed by atoms with E-state index in [9.17, 15) is 5.11 Å². The van der Waals surface area contributed by atoms with Gasteiger partial charge in [0.1, 0.15) is 6.10 Å². The third-order valence-electron chi connectivity index (χ3n) is 2.62. The van der Waals surface area contributed by atoms with Gasteiger partial charge in [-0.3, -0.25) is 0 Å². The van der Waals surface area contributed by atoms with E-state index in [4.69, 9.17) is 14.9 Å². The van der Waals surface area contributed by atoms with E-state index in [0.29, 0.717) is 12.3 Å². The van der Waals surface area contributed by atoms with Crippen molar-refractivity contribution >= 4 is 0 Å². The Hall–Kier alpha value is -0.160. The monoisotopic (exact) mass is 190 g/mol. The fourth-order valence-corrected chi connectivity index (χ4v) is 1.78. The zero-order chi connectivity index (χ0) is 9.84. The highest BCUT2D eigenvalue weighted by molar-refractivity contribution is 4.83. The van der Waals surface area contributed by atoms with Crippen LogP contribution < -0.4 is 0 Å². The molecule has 13 heavy (non-hydrogen) atoms. The smallest absolute Gasteiger partial charge is 0.103 e. The third kappa shape index (κ3) is 2.64. The van der Waals surface area contributed by atoms with E-state index in [1.54, 1.807) is 0 Å². The molecule has 1 aliphatic rings. The summed E-state index contributed by atoms with van der Waals surface area (Å²) in [6, 6.07) is 0. The van der Waals surface area contributed by atoms with Crippen LogP contribution in [0.3, 0.4) is 0 Å². The summed E-state index contributed by atoms with van der Waals surface area (Å²) in [7, 11) is 0. The molecule has 0 spiro atoms. The van der Waals surface area contributed by atoms with Crippen molar-refractivity contribution in [3.8, 4) is 0 Å². The van der Waals surface area contributed by atoms with Crippen LogP contribution in [-0.2, 0) is 4.74 Å². The molecular formula is C9H18O4. The van der Waals surface area contributed by atoms with Crippen LogP contribution >= 0.6 is 0 Å². The minimum Gasteiger partial charge on any atom is -0.396 e. The summed E-state index contributed by atoms with van der Waals surface area (Å²) in [6.07, 6.45) is 0.334. The van der Waals surface area contributed by atoms with Gasteiger partial charge in [0.25, 0.3) is 0 Å². The van der Waals surface area contributed by atoms with Crippen LogP contribution in [0.15, 0.2) is 0 Å². The van der Waals surface area contributed by atoms with Crippen molar-refractivity contribution in [2.24, 2.45) is 5.92 Å². The van der Waals surface area contributed by atoms with Gasteiger partial charge < -0.3 is 20.1 Å². The minimum atomic E-state index is -0.786. The van der Waals surface area contributed by atoms with E-state index in [0.717, 1.165) is 6.42 Å². The average molecular weight is 190 g/mol. The van der Waals surface area contributed by atoms with E-state index >= 15 is 0 Å². The molecule has 0 aromatic rings. The summed E-state index contributed by atoms with van der Waals surface area (Å²) in [4.78, 5) is 0. The van der Waals surface area contributed by atoms with Gasteiger partial charge in [-0.05, 0) is 18.8 Å². The highest BCUT2D eigenvalue weighted by Crippen LogP contribution is 2.29. The number of aliphatic hydroxyl groups excluding tert-OH is 3. The molecule has 1 aliphatic heterocycles. The first-order valence-electron chi connectivity index (χ1n) is 4.74. The SMILES string of the molecule is C[C@H]1C[C@@H]([C@H](O)CO)O[C@@H]1CCO. The average Bonchev–Trinajstić information content (AvgIpc) is 2.47. The zero-order valence-electron chi connectivity index (χ0n) is 7.89. The standard InChI is InChI=1S/C9H18O4/c1-6-4-9(7(12)5-11)13-8(6)2-3-10/h6-12H,2-5H2,1H3/t6-,7+,8+,9-/m0/s1. The van der Waals surface area contributed by atoms with Crippen LogP contribution in [-0.4, -0.2) is 46.8 Å². The second-order valence-corrected chi connectivity index (χ2v) is 3.69. The molecule has 0 bridgehead atoms. The molecule has 4 atom stereocenters. The first-order chi connectivity index (χ1) is 6.19. The summed E-state index contributed by atoms with van der Waals surface area (Å²) in [5.74, 6) is 0.346. The molecule has 0 aliphatic carbocycles. The molecule has 1 fully saturated rings. The van der Waals surface area contributed by atoms with Crippen molar-refractivity contribution in [1.29, 1.82) is 0 Å². The topological polar surface area (TPSA) is 69.9 Å². The minimum absolute atomic E-state index is 0.0243. The van der Waals surface area contributed by atoms with Crippen molar-refractivity contribution in [2.75, 3.05) is 13.2 Å². The van der Waals surface area contributed by atoms with E-state index in [-0.39, 0.29) is 25.4 Å². The third-order valence-corrected chi connectivity index (χ3v) is 2.62. The molecule has 4 heteroatoms. The van der Waals surface area contributed by atoms with Crippen LogP contribution in [0.4, 0.5) is 0 Å². The first-order valence-corrected chi connectivity index (χ1v) is 4.74. The number of hydrogen-bond acceptors (Lipinski definition) is 4. The maximum absolute atomic E-state index is 9.32. The van der Waals surface area contributed by atoms with Gasteiger partial charge in [0, 0.05) is 6.61 Å². The Bertz CT molecular complexity index is 151. The van der Waals surface area contributed by atoms with Crippen LogP contribution in [0.25, 0.3) is 0 Å². The molecule has 0 aromatic heterocycles. The molecule has 0 radical (unpaired) electrons. The summed E-state index contributed by atoms with van der Waals surface area (Å²) >= 11 is 0. The maximum atomic E-state index is 9.32. The Kier molecular flexibility index (Phi) is 4.12. The predicted molar refractivity (Wildman–Crippen MR) is 47.2 cm³/mol. The van der Waals surface area contributed by atoms with Crippen LogP contribution in [0, 0.1) is 5.92 Å². The number of aliphatic hydroxyl groups is 3. The normalized spacial score (nSPS) is 36.5. The molecule has 0 amide bonds. The van der Waals surface area contributed by atoms with Gasteiger partial charge in [0.2, 0.25) is 0 Å². The summed E-state index contributed by atoms with van der Waals surface area (Å²) in [6.45, 7) is 1.88. The Morgan fingerprint density at radius 2 is 2.15 bits per heavy atom. The fraction of sp³-hybridized carbons (Fsp3) is 1.00. The van der Waals surface area contributed by atoms with Crippen molar-refractivity contribution in [2.45, 2.75) is 38.1 Å². The predicted octanol–water partition coefficient (Wildman–Crippen LogP) is -0.484. The molecule has 0 aromatic carbocycles. The van der Waals surface area contributed by atoms with Crippen LogP contribution in [0.5, 0.6) is 0 Å². The Morgan fingerprint density at radius 1 is 1.46 bits per heavy atom. The molecule has 1 rings (SSSR count). The first kappa shape index (κ1) is 10.9. The molecule has 1 heterocycles. The molecule has 1 saturated heterocycles. The van der Waals surface area contributed by atoms with E-state index in [1.165, 1.54) is 0 Å². The fourth-order valence-electron chi connectivity index (χ4n) is 1.78. The highest BCUT2D eigenvalue weighted by Gasteiger charge is 2.35. The number of ether oxygens (including phenoxy) is 1. The summed E-state index contributed by atoms with van der Waals surface area (Å²) < 4.78 is 5.50. The lowest BCUT2D eigenvalue weighted by atomic mass is 9.98. The maximum Gasteiger partial charge on any atom is 0.103 e. The van der Waals surface area contributed by atoms with Gasteiger partial charge in [-0.25, -0.2) is 0 Å². The molecule has 3 N–H and O–H groups in total. The van der Waals surface area contributed by atoms with Gasteiger partial charge in [-0.15, -0.1) is 0 Å². The Morgan fingerprint density at radius 3 is 2.69 bits per heavy atom. The van der Waals surface area contributed by atoms with Crippen molar-refractivity contribution in [1.82, 2.24) is 0 Å².